The van der Waals surface area contributed by atoms with Crippen molar-refractivity contribution in [2.75, 3.05) is 0 Å². The lowest BCUT2D eigenvalue weighted by Gasteiger charge is -2.01. The molecule has 0 spiro atoms. The highest BCUT2D eigenvalue weighted by Crippen LogP contribution is 2.12. The van der Waals surface area contributed by atoms with Crippen LogP contribution in [0.5, 0.6) is 0 Å². The van der Waals surface area contributed by atoms with E-state index in [1.54, 1.807) is 24.5 Å². The van der Waals surface area contributed by atoms with E-state index >= 15 is 0 Å². The number of rotatable bonds is 6. The SMILES string of the molecule is CCc1ncc(S(=O)(=O)NCc2nc(-c3ccncc3)n[nH]2)[nH]1. The Hall–Kier alpha value is -2.59. The summed E-state index contributed by atoms with van der Waals surface area (Å²) in [7, 11) is -3.67. The van der Waals surface area contributed by atoms with Crippen LogP contribution in [0.25, 0.3) is 11.4 Å². The fraction of sp³-hybridized carbons (Fsp3) is 0.231. The number of nitrogens with one attached hydrogen (secondary N) is 3. The molecular formula is C13H15N7O2S. The van der Waals surface area contributed by atoms with Gasteiger partial charge in [0.15, 0.2) is 10.9 Å². The van der Waals surface area contributed by atoms with E-state index in [0.29, 0.717) is 23.9 Å². The summed E-state index contributed by atoms with van der Waals surface area (Å²) in [6.45, 7) is 1.89. The van der Waals surface area contributed by atoms with Crippen LogP contribution in [0, 0.1) is 0 Å². The molecule has 0 aliphatic heterocycles. The third-order valence-corrected chi connectivity index (χ3v) is 4.44. The first kappa shape index (κ1) is 15.3. The summed E-state index contributed by atoms with van der Waals surface area (Å²) < 4.78 is 26.8. The zero-order valence-corrected chi connectivity index (χ0v) is 13.1. The molecule has 120 valence electrons. The molecule has 3 heterocycles. The third-order valence-electron chi connectivity index (χ3n) is 3.13. The summed E-state index contributed by atoms with van der Waals surface area (Å²) in [6, 6.07) is 3.54. The predicted octanol–water partition coefficient (Wildman–Crippen LogP) is 0.631. The van der Waals surface area contributed by atoms with E-state index in [0.717, 1.165) is 5.56 Å². The maximum atomic E-state index is 12.2. The maximum absolute atomic E-state index is 12.2. The molecule has 0 unspecified atom stereocenters. The van der Waals surface area contributed by atoms with E-state index in [-0.39, 0.29) is 11.6 Å². The van der Waals surface area contributed by atoms with Crippen molar-refractivity contribution in [1.29, 1.82) is 0 Å². The third kappa shape index (κ3) is 3.43. The summed E-state index contributed by atoms with van der Waals surface area (Å²) >= 11 is 0. The minimum absolute atomic E-state index is 0.000888. The van der Waals surface area contributed by atoms with Gasteiger partial charge in [-0.3, -0.25) is 10.1 Å². The topological polar surface area (TPSA) is 129 Å². The van der Waals surface area contributed by atoms with Gasteiger partial charge >= 0.3 is 0 Å². The molecule has 3 aromatic rings. The van der Waals surface area contributed by atoms with Gasteiger partial charge in [0.25, 0.3) is 10.0 Å². The van der Waals surface area contributed by atoms with Gasteiger partial charge in [0.05, 0.1) is 12.7 Å². The first-order chi connectivity index (χ1) is 11.1. The fourth-order valence-electron chi connectivity index (χ4n) is 1.91. The normalized spacial score (nSPS) is 11.7. The Kier molecular flexibility index (Phi) is 4.17. The quantitative estimate of drug-likeness (QED) is 0.607. The van der Waals surface area contributed by atoms with Crippen molar-refractivity contribution in [1.82, 2.24) is 34.9 Å². The van der Waals surface area contributed by atoms with Gasteiger partial charge in [0.1, 0.15) is 11.6 Å². The zero-order valence-electron chi connectivity index (χ0n) is 12.3. The van der Waals surface area contributed by atoms with Crippen molar-refractivity contribution in [3.05, 3.63) is 42.4 Å². The molecule has 0 aliphatic rings. The van der Waals surface area contributed by atoms with Crippen molar-refractivity contribution in [3.8, 4) is 11.4 Å². The molecule has 3 N–H and O–H groups in total. The molecule has 0 fully saturated rings. The number of aromatic amines is 2. The molecule has 0 aliphatic carbocycles. The van der Waals surface area contributed by atoms with Crippen LogP contribution in [0.2, 0.25) is 0 Å². The molecule has 0 saturated heterocycles. The zero-order chi connectivity index (χ0) is 16.3. The number of imidazole rings is 1. The summed E-state index contributed by atoms with van der Waals surface area (Å²) in [6.07, 6.45) is 5.20. The molecule has 0 bridgehead atoms. The van der Waals surface area contributed by atoms with Crippen LogP contribution in [0.3, 0.4) is 0 Å². The first-order valence-electron chi connectivity index (χ1n) is 6.93. The Morgan fingerprint density at radius 1 is 1.22 bits per heavy atom. The number of sulfonamides is 1. The predicted molar refractivity (Wildman–Crippen MR) is 81.6 cm³/mol. The summed E-state index contributed by atoms with van der Waals surface area (Å²) in [5.74, 6) is 1.51. The average molecular weight is 333 g/mol. The number of aromatic nitrogens is 6. The Balaban J connectivity index is 1.70. The van der Waals surface area contributed by atoms with Gasteiger partial charge in [-0.2, -0.15) is 5.10 Å². The van der Waals surface area contributed by atoms with Crippen LogP contribution in [-0.4, -0.2) is 38.6 Å². The van der Waals surface area contributed by atoms with Crippen molar-refractivity contribution in [2.24, 2.45) is 0 Å². The Morgan fingerprint density at radius 3 is 2.70 bits per heavy atom. The molecule has 10 heteroatoms. The van der Waals surface area contributed by atoms with Gasteiger partial charge < -0.3 is 4.98 Å². The van der Waals surface area contributed by atoms with Gasteiger partial charge in [0, 0.05) is 24.4 Å². The van der Waals surface area contributed by atoms with Gasteiger partial charge in [0.2, 0.25) is 0 Å². The average Bonchev–Trinajstić information content (AvgIpc) is 3.23. The maximum Gasteiger partial charge on any atom is 0.258 e. The van der Waals surface area contributed by atoms with Gasteiger partial charge in [-0.05, 0) is 12.1 Å². The summed E-state index contributed by atoms with van der Waals surface area (Å²) in [5.41, 5.74) is 0.798. The number of H-pyrrole nitrogens is 2. The monoisotopic (exact) mass is 333 g/mol. The molecule has 0 saturated carbocycles. The van der Waals surface area contributed by atoms with E-state index < -0.39 is 10.0 Å². The number of pyridine rings is 1. The molecule has 3 rings (SSSR count). The highest BCUT2D eigenvalue weighted by molar-refractivity contribution is 7.89. The van der Waals surface area contributed by atoms with Crippen molar-refractivity contribution in [3.63, 3.8) is 0 Å². The Bertz CT molecular complexity index is 886. The lowest BCUT2D eigenvalue weighted by Crippen LogP contribution is -2.24. The number of hydrogen-bond donors (Lipinski definition) is 3. The van der Waals surface area contributed by atoms with E-state index in [2.05, 4.69) is 34.9 Å². The van der Waals surface area contributed by atoms with Gasteiger partial charge in [-0.25, -0.2) is 23.1 Å². The largest absolute Gasteiger partial charge is 0.332 e. The van der Waals surface area contributed by atoms with Gasteiger partial charge in [-0.1, -0.05) is 6.92 Å². The van der Waals surface area contributed by atoms with Crippen LogP contribution in [-0.2, 0) is 23.0 Å². The lowest BCUT2D eigenvalue weighted by molar-refractivity contribution is 0.576. The second-order valence-corrected chi connectivity index (χ2v) is 6.45. The van der Waals surface area contributed by atoms with Crippen LogP contribution in [0.15, 0.2) is 35.7 Å². The molecular weight excluding hydrogens is 318 g/mol. The highest BCUT2D eigenvalue weighted by atomic mass is 32.2. The standard InChI is InChI=1S/C13H15N7O2S/c1-2-10-15-8-12(17-10)23(21,22)16-7-11-18-13(20-19-11)9-3-5-14-6-4-9/h3-6,8,16H,2,7H2,1H3,(H,15,17)(H,18,19,20). The number of hydrogen-bond acceptors (Lipinski definition) is 6. The Labute approximate surface area is 132 Å². The van der Waals surface area contributed by atoms with Crippen LogP contribution < -0.4 is 4.72 Å². The molecule has 23 heavy (non-hydrogen) atoms. The van der Waals surface area contributed by atoms with E-state index in [4.69, 9.17) is 0 Å². The summed E-state index contributed by atoms with van der Waals surface area (Å²) in [5, 5.41) is 6.80. The molecule has 3 aromatic heterocycles. The van der Waals surface area contributed by atoms with Crippen LogP contribution in [0.4, 0.5) is 0 Å². The van der Waals surface area contributed by atoms with Crippen LogP contribution >= 0.6 is 0 Å². The second kappa shape index (κ2) is 6.26. The molecule has 0 aromatic carbocycles. The number of aryl methyl sites for hydroxylation is 1. The number of nitrogens with zero attached hydrogens (tertiary/aromatic N) is 4. The first-order valence-corrected chi connectivity index (χ1v) is 8.42. The van der Waals surface area contributed by atoms with Crippen molar-refractivity contribution < 1.29 is 8.42 Å². The molecule has 0 atom stereocenters. The minimum atomic E-state index is -3.67. The molecule has 0 radical (unpaired) electrons. The lowest BCUT2D eigenvalue weighted by atomic mass is 10.2. The molecule has 0 amide bonds. The smallest absolute Gasteiger partial charge is 0.258 e. The minimum Gasteiger partial charge on any atom is -0.332 e. The fourth-order valence-corrected chi connectivity index (χ4v) is 2.83. The van der Waals surface area contributed by atoms with Crippen molar-refractivity contribution >= 4 is 10.0 Å². The second-order valence-electron chi connectivity index (χ2n) is 4.71. The van der Waals surface area contributed by atoms with E-state index in [9.17, 15) is 8.42 Å². The van der Waals surface area contributed by atoms with E-state index in [1.807, 2.05) is 6.92 Å². The van der Waals surface area contributed by atoms with Gasteiger partial charge in [-0.15, -0.1) is 0 Å². The summed E-state index contributed by atoms with van der Waals surface area (Å²) in [4.78, 5) is 14.9. The highest BCUT2D eigenvalue weighted by Gasteiger charge is 2.17. The van der Waals surface area contributed by atoms with Crippen LogP contribution in [0.1, 0.15) is 18.6 Å². The Morgan fingerprint density at radius 2 is 2.00 bits per heavy atom. The molecule has 9 nitrogen and oxygen atoms in total. The van der Waals surface area contributed by atoms with E-state index in [1.165, 1.54) is 6.20 Å². The van der Waals surface area contributed by atoms with Crippen molar-refractivity contribution in [2.45, 2.75) is 24.9 Å².